The average Bonchev–Trinajstić information content (AvgIpc) is 3.34. The topological polar surface area (TPSA) is 214 Å². The lowest BCUT2D eigenvalue weighted by Crippen LogP contribution is -2.20. The number of methoxy groups -OCH3 is 1. The molecule has 15 heteroatoms. The van der Waals surface area contributed by atoms with Crippen LogP contribution in [0.1, 0.15) is 36.8 Å². The lowest BCUT2D eigenvalue weighted by atomic mass is 10.0. The van der Waals surface area contributed by atoms with Crippen LogP contribution in [0.5, 0.6) is 11.5 Å². The van der Waals surface area contributed by atoms with Gasteiger partial charge in [-0.3, -0.25) is 15.2 Å². The lowest BCUT2D eigenvalue weighted by Gasteiger charge is -2.22. The SMILES string of the molecule is CC(=O)O.COc1cc(O[C@@H](C)CO)c(F)c([C@H](Nc2ccc(C(=N)N)cc2)c2nn(-c3ncccn3)c(=O)[nH]2)c1. The van der Waals surface area contributed by atoms with Crippen LogP contribution in [0.2, 0.25) is 0 Å². The Morgan fingerprint density at radius 2 is 1.88 bits per heavy atom. The van der Waals surface area contributed by atoms with Crippen molar-refractivity contribution in [2.75, 3.05) is 19.0 Å². The molecule has 216 valence electrons. The van der Waals surface area contributed by atoms with Crippen LogP contribution in [-0.4, -0.2) is 66.6 Å². The molecule has 0 spiro atoms. The second kappa shape index (κ2) is 13.7. The van der Waals surface area contributed by atoms with Crippen molar-refractivity contribution in [1.29, 1.82) is 5.41 Å². The Balaban J connectivity index is 0.00000108. The Kier molecular flexibility index (Phi) is 10.1. The van der Waals surface area contributed by atoms with Gasteiger partial charge in [-0.2, -0.15) is 0 Å². The number of hydrogen-bond acceptors (Lipinski definition) is 10. The lowest BCUT2D eigenvalue weighted by molar-refractivity contribution is -0.134. The maximum absolute atomic E-state index is 15.8. The number of carboxylic acids is 1. The smallest absolute Gasteiger partial charge is 0.350 e. The first kappa shape index (κ1) is 30.2. The van der Waals surface area contributed by atoms with E-state index in [1.165, 1.54) is 31.6 Å². The van der Waals surface area contributed by atoms with Crippen molar-refractivity contribution in [3.8, 4) is 17.4 Å². The molecule has 0 saturated heterocycles. The molecule has 0 unspecified atom stereocenters. The van der Waals surface area contributed by atoms with Crippen LogP contribution in [0, 0.1) is 11.2 Å². The molecule has 2 aromatic carbocycles. The molecule has 2 aromatic heterocycles. The zero-order valence-electron chi connectivity index (χ0n) is 22.3. The van der Waals surface area contributed by atoms with Crippen LogP contribution < -0.4 is 26.2 Å². The maximum Gasteiger partial charge on any atom is 0.350 e. The van der Waals surface area contributed by atoms with Crippen LogP contribution in [-0.2, 0) is 4.79 Å². The third kappa shape index (κ3) is 7.86. The number of aromatic amines is 1. The van der Waals surface area contributed by atoms with E-state index in [2.05, 4.69) is 25.4 Å². The van der Waals surface area contributed by atoms with Gasteiger partial charge >= 0.3 is 5.69 Å². The quantitative estimate of drug-likeness (QED) is 0.120. The zero-order valence-corrected chi connectivity index (χ0v) is 22.3. The number of aliphatic hydroxyl groups is 1. The second-order valence-corrected chi connectivity index (χ2v) is 8.50. The van der Waals surface area contributed by atoms with E-state index in [4.69, 9.17) is 30.5 Å². The maximum atomic E-state index is 15.8. The molecular weight excluding hydrogens is 539 g/mol. The van der Waals surface area contributed by atoms with E-state index in [0.717, 1.165) is 11.6 Å². The molecular formula is C26H29FN8O6. The van der Waals surface area contributed by atoms with E-state index < -0.39 is 29.6 Å². The Hall–Kier alpha value is -5.31. The van der Waals surface area contributed by atoms with Gasteiger partial charge < -0.3 is 30.7 Å². The minimum Gasteiger partial charge on any atom is -0.497 e. The number of rotatable bonds is 10. The summed E-state index contributed by atoms with van der Waals surface area (Å²) in [6.45, 7) is 2.34. The summed E-state index contributed by atoms with van der Waals surface area (Å²) >= 11 is 0. The van der Waals surface area contributed by atoms with E-state index in [1.807, 2.05) is 0 Å². The summed E-state index contributed by atoms with van der Waals surface area (Å²) in [5.41, 5.74) is 5.99. The molecule has 0 aliphatic heterocycles. The number of amidine groups is 1. The summed E-state index contributed by atoms with van der Waals surface area (Å²) in [6.07, 6.45) is 2.24. The Bertz CT molecular complexity index is 1540. The molecule has 0 saturated carbocycles. The zero-order chi connectivity index (χ0) is 30.1. The summed E-state index contributed by atoms with van der Waals surface area (Å²) < 4.78 is 27.7. The predicted molar refractivity (Wildman–Crippen MR) is 146 cm³/mol. The number of carbonyl (C=O) groups is 1. The molecule has 0 radical (unpaired) electrons. The molecule has 7 N–H and O–H groups in total. The first-order chi connectivity index (χ1) is 19.5. The highest BCUT2D eigenvalue weighted by Gasteiger charge is 2.27. The number of benzene rings is 2. The minimum absolute atomic E-state index is 0.0338. The highest BCUT2D eigenvalue weighted by atomic mass is 19.1. The highest BCUT2D eigenvalue weighted by Crippen LogP contribution is 2.35. The van der Waals surface area contributed by atoms with E-state index >= 15 is 4.39 Å². The van der Waals surface area contributed by atoms with Crippen molar-refractivity contribution in [2.45, 2.75) is 26.0 Å². The van der Waals surface area contributed by atoms with Gasteiger partial charge in [0.2, 0.25) is 0 Å². The van der Waals surface area contributed by atoms with Gasteiger partial charge in [0.25, 0.3) is 11.9 Å². The van der Waals surface area contributed by atoms with Gasteiger partial charge in [-0.05, 0) is 43.3 Å². The average molecular weight is 569 g/mol. The Labute approximate surface area is 233 Å². The molecule has 0 amide bonds. The van der Waals surface area contributed by atoms with Crippen molar-refractivity contribution in [3.05, 3.63) is 88.1 Å². The number of halogens is 1. The standard InChI is InChI=1S/C24H25FN8O4.C2H4O2/c1-13(12-34)37-18-11-16(36-2)10-17(19(18)25)20(30-15-6-4-14(5-7-15)21(26)27)22-31-24(35)33(32-22)23-28-8-3-9-29-23;1-2(3)4/h3-11,13,20,30,34H,12H2,1-2H3,(H3,26,27)(H,31,32,35);1H3,(H,3,4)/t13-,20-;/m0./s1. The number of aliphatic carboxylic acids is 1. The number of aromatic nitrogens is 5. The number of nitrogens with zero attached hydrogens (tertiary/aromatic N) is 4. The van der Waals surface area contributed by atoms with Crippen LogP contribution >= 0.6 is 0 Å². The van der Waals surface area contributed by atoms with Crippen molar-refractivity contribution >= 4 is 17.5 Å². The van der Waals surface area contributed by atoms with Gasteiger partial charge in [-0.25, -0.2) is 19.2 Å². The number of H-pyrrole nitrogens is 1. The second-order valence-electron chi connectivity index (χ2n) is 8.50. The first-order valence-electron chi connectivity index (χ1n) is 12.1. The molecule has 0 aliphatic carbocycles. The van der Waals surface area contributed by atoms with Crippen LogP contribution in [0.4, 0.5) is 10.1 Å². The fourth-order valence-electron chi connectivity index (χ4n) is 3.47. The summed E-state index contributed by atoms with van der Waals surface area (Å²) in [6, 6.07) is 9.93. The number of ether oxygens (including phenoxy) is 2. The molecule has 4 aromatic rings. The number of nitrogens with one attached hydrogen (secondary N) is 3. The molecule has 0 aliphatic rings. The van der Waals surface area contributed by atoms with Crippen molar-refractivity contribution in [3.63, 3.8) is 0 Å². The van der Waals surface area contributed by atoms with Gasteiger partial charge in [0.05, 0.1) is 13.7 Å². The molecule has 2 heterocycles. The third-order valence-corrected chi connectivity index (χ3v) is 5.33. The summed E-state index contributed by atoms with van der Waals surface area (Å²) in [4.78, 5) is 32.5. The van der Waals surface area contributed by atoms with Crippen molar-refractivity contribution in [1.82, 2.24) is 24.7 Å². The van der Waals surface area contributed by atoms with Crippen LogP contribution in [0.3, 0.4) is 0 Å². The Morgan fingerprint density at radius 3 is 2.44 bits per heavy atom. The summed E-state index contributed by atoms with van der Waals surface area (Å²) in [5.74, 6) is -1.46. The first-order valence-corrected chi connectivity index (χ1v) is 12.1. The number of anilines is 1. The van der Waals surface area contributed by atoms with Crippen molar-refractivity contribution < 1.29 is 28.9 Å². The van der Waals surface area contributed by atoms with Gasteiger partial charge in [0, 0.05) is 42.2 Å². The highest BCUT2D eigenvalue weighted by molar-refractivity contribution is 5.95. The summed E-state index contributed by atoms with van der Waals surface area (Å²) in [5, 5.41) is 31.9. The monoisotopic (exact) mass is 568 g/mol. The van der Waals surface area contributed by atoms with E-state index in [9.17, 15) is 9.90 Å². The largest absolute Gasteiger partial charge is 0.497 e. The molecule has 41 heavy (non-hydrogen) atoms. The Morgan fingerprint density at radius 1 is 1.24 bits per heavy atom. The van der Waals surface area contributed by atoms with Crippen LogP contribution in [0.25, 0.3) is 5.95 Å². The van der Waals surface area contributed by atoms with E-state index in [0.29, 0.717) is 11.3 Å². The number of carboxylic acid groups (broad SMARTS) is 1. The fraction of sp³-hybridized carbons (Fsp3) is 0.231. The van der Waals surface area contributed by atoms with Gasteiger partial charge in [0.15, 0.2) is 17.4 Å². The summed E-state index contributed by atoms with van der Waals surface area (Å²) in [7, 11) is 1.42. The van der Waals surface area contributed by atoms with Gasteiger partial charge in [-0.15, -0.1) is 9.78 Å². The van der Waals surface area contributed by atoms with Gasteiger partial charge in [0.1, 0.15) is 23.7 Å². The molecule has 0 bridgehead atoms. The minimum atomic E-state index is -1.04. The number of aliphatic hydroxyl groups excluding tert-OH is 1. The fourth-order valence-corrected chi connectivity index (χ4v) is 3.47. The molecule has 2 atom stereocenters. The third-order valence-electron chi connectivity index (χ3n) is 5.33. The normalized spacial score (nSPS) is 11.9. The number of nitrogen functional groups attached to an aromatic ring is 1. The van der Waals surface area contributed by atoms with Crippen molar-refractivity contribution in [2.24, 2.45) is 5.73 Å². The number of nitrogens with two attached hydrogens (primary N) is 1. The van der Waals surface area contributed by atoms with Gasteiger partial charge in [-0.1, -0.05) is 0 Å². The molecule has 14 nitrogen and oxygen atoms in total. The molecule has 0 fully saturated rings. The van der Waals surface area contributed by atoms with E-state index in [-0.39, 0.29) is 41.3 Å². The van der Waals surface area contributed by atoms with E-state index in [1.54, 1.807) is 37.3 Å². The number of hydrogen-bond donors (Lipinski definition) is 6. The molecule has 4 rings (SSSR count). The van der Waals surface area contributed by atoms with Crippen LogP contribution in [0.15, 0.2) is 59.7 Å². The predicted octanol–water partition coefficient (Wildman–Crippen LogP) is 1.83.